The highest BCUT2D eigenvalue weighted by atomic mass is 79.9. The Morgan fingerprint density at radius 3 is 2.52 bits per heavy atom. The maximum absolute atomic E-state index is 12.5. The number of nitrogens with zero attached hydrogens (tertiary/aromatic N) is 1. The largest absolute Gasteiger partial charge is 0.465 e. The smallest absolute Gasteiger partial charge is 0.251 e. The van der Waals surface area contributed by atoms with E-state index in [2.05, 4.69) is 33.1 Å². The third-order valence-electron chi connectivity index (χ3n) is 4.91. The van der Waals surface area contributed by atoms with Crippen molar-refractivity contribution in [3.63, 3.8) is 0 Å². The zero-order chi connectivity index (χ0) is 17.8. The molecule has 1 saturated heterocycles. The quantitative estimate of drug-likeness (QED) is 0.794. The summed E-state index contributed by atoms with van der Waals surface area (Å²) in [5.41, 5.74) is 0.671. The van der Waals surface area contributed by atoms with E-state index < -0.39 is 0 Å². The summed E-state index contributed by atoms with van der Waals surface area (Å²) in [7, 11) is 0. The van der Waals surface area contributed by atoms with Gasteiger partial charge >= 0.3 is 0 Å². The van der Waals surface area contributed by atoms with Crippen LogP contribution < -0.4 is 5.32 Å². The van der Waals surface area contributed by atoms with E-state index in [-0.39, 0.29) is 11.9 Å². The normalized spacial score (nSPS) is 17.4. The van der Waals surface area contributed by atoms with Crippen LogP contribution in [0, 0.1) is 12.8 Å². The lowest BCUT2D eigenvalue weighted by molar-refractivity contribution is 0.0895. The molecule has 1 aromatic carbocycles. The molecule has 25 heavy (non-hydrogen) atoms. The van der Waals surface area contributed by atoms with Crippen LogP contribution in [0.2, 0.25) is 0 Å². The van der Waals surface area contributed by atoms with E-state index in [1.165, 1.54) is 12.8 Å². The third-order valence-corrected chi connectivity index (χ3v) is 5.44. The highest BCUT2D eigenvalue weighted by Crippen LogP contribution is 2.27. The third kappa shape index (κ3) is 4.73. The molecule has 134 valence electrons. The van der Waals surface area contributed by atoms with E-state index in [9.17, 15) is 4.79 Å². The first-order valence-corrected chi connectivity index (χ1v) is 9.66. The Bertz CT molecular complexity index is 703. The molecular weight excluding hydrogens is 380 g/mol. The first-order valence-electron chi connectivity index (χ1n) is 8.87. The van der Waals surface area contributed by atoms with Crippen molar-refractivity contribution in [3.05, 3.63) is 58.0 Å². The molecule has 0 spiro atoms. The molecule has 1 aliphatic rings. The molecule has 1 fully saturated rings. The maximum atomic E-state index is 12.5. The summed E-state index contributed by atoms with van der Waals surface area (Å²) in [4.78, 5) is 14.9. The minimum absolute atomic E-state index is 0.0499. The Hall–Kier alpha value is -1.59. The second-order valence-corrected chi connectivity index (χ2v) is 7.82. The number of furan rings is 1. The number of carbonyl (C=O) groups is 1. The number of likely N-dealkylation sites (tertiary alicyclic amines) is 1. The second-order valence-electron chi connectivity index (χ2n) is 6.90. The van der Waals surface area contributed by atoms with Crippen molar-refractivity contribution in [2.24, 2.45) is 5.92 Å². The van der Waals surface area contributed by atoms with Gasteiger partial charge in [-0.15, -0.1) is 0 Å². The van der Waals surface area contributed by atoms with Gasteiger partial charge in [0.15, 0.2) is 0 Å². The topological polar surface area (TPSA) is 45.5 Å². The molecule has 1 atom stereocenters. The minimum Gasteiger partial charge on any atom is -0.465 e. The number of hydrogen-bond acceptors (Lipinski definition) is 3. The average molecular weight is 405 g/mol. The molecule has 1 aliphatic heterocycles. The van der Waals surface area contributed by atoms with E-state index in [1.54, 1.807) is 0 Å². The number of piperidine rings is 1. The Morgan fingerprint density at radius 1 is 1.24 bits per heavy atom. The van der Waals surface area contributed by atoms with Gasteiger partial charge in [-0.2, -0.15) is 0 Å². The van der Waals surface area contributed by atoms with Crippen LogP contribution in [0.15, 0.2) is 45.3 Å². The van der Waals surface area contributed by atoms with Crippen molar-refractivity contribution < 1.29 is 9.21 Å². The molecule has 4 nitrogen and oxygen atoms in total. The van der Waals surface area contributed by atoms with Crippen molar-refractivity contribution in [2.45, 2.75) is 32.7 Å². The number of halogens is 1. The molecule has 3 rings (SSSR count). The van der Waals surface area contributed by atoms with Crippen molar-refractivity contribution in [1.29, 1.82) is 0 Å². The van der Waals surface area contributed by atoms with Crippen LogP contribution >= 0.6 is 15.9 Å². The van der Waals surface area contributed by atoms with E-state index in [1.807, 2.05) is 43.3 Å². The van der Waals surface area contributed by atoms with Crippen LogP contribution in [0.1, 0.15) is 47.7 Å². The lowest BCUT2D eigenvalue weighted by Crippen LogP contribution is -2.41. The highest BCUT2D eigenvalue weighted by molar-refractivity contribution is 9.10. The number of aryl methyl sites for hydroxylation is 1. The highest BCUT2D eigenvalue weighted by Gasteiger charge is 2.27. The summed E-state index contributed by atoms with van der Waals surface area (Å²) in [5, 5.41) is 3.08. The Kier molecular flexibility index (Phi) is 5.97. The van der Waals surface area contributed by atoms with E-state index in [4.69, 9.17) is 4.42 Å². The Morgan fingerprint density at radius 2 is 1.92 bits per heavy atom. The van der Waals surface area contributed by atoms with Gasteiger partial charge in [0, 0.05) is 16.6 Å². The predicted octanol–water partition coefficient (Wildman–Crippen LogP) is 4.55. The molecule has 2 aromatic rings. The van der Waals surface area contributed by atoms with Crippen LogP contribution in [0.5, 0.6) is 0 Å². The summed E-state index contributed by atoms with van der Waals surface area (Å²) < 4.78 is 6.85. The molecule has 1 aromatic heterocycles. The van der Waals surface area contributed by atoms with Crippen molar-refractivity contribution in [3.8, 4) is 0 Å². The number of rotatable bonds is 5. The SMILES string of the molecule is Cc1ccc([C@H](CNC(=O)c2ccc(Br)cc2)N2CCC(C)CC2)o1. The zero-order valence-electron chi connectivity index (χ0n) is 14.8. The molecule has 5 heteroatoms. The lowest BCUT2D eigenvalue weighted by atomic mass is 9.97. The molecule has 1 amide bonds. The molecule has 0 saturated carbocycles. The van der Waals surface area contributed by atoms with E-state index >= 15 is 0 Å². The van der Waals surface area contributed by atoms with E-state index in [0.717, 1.165) is 35.0 Å². The first kappa shape index (κ1) is 18.2. The van der Waals surface area contributed by atoms with Crippen molar-refractivity contribution >= 4 is 21.8 Å². The summed E-state index contributed by atoms with van der Waals surface area (Å²) in [6.45, 7) is 6.90. The van der Waals surface area contributed by atoms with Gasteiger partial charge in [0.2, 0.25) is 0 Å². The van der Waals surface area contributed by atoms with Gasteiger partial charge in [-0.05, 0) is 75.2 Å². The van der Waals surface area contributed by atoms with Crippen LogP contribution in [0.3, 0.4) is 0 Å². The molecule has 0 unspecified atom stereocenters. The number of nitrogens with one attached hydrogen (secondary N) is 1. The fourth-order valence-electron chi connectivity index (χ4n) is 3.28. The van der Waals surface area contributed by atoms with Gasteiger partial charge in [0.25, 0.3) is 5.91 Å². The molecular formula is C20H25BrN2O2. The molecule has 0 bridgehead atoms. The number of hydrogen-bond donors (Lipinski definition) is 1. The van der Waals surface area contributed by atoms with Gasteiger partial charge < -0.3 is 9.73 Å². The predicted molar refractivity (Wildman–Crippen MR) is 103 cm³/mol. The zero-order valence-corrected chi connectivity index (χ0v) is 16.4. The van der Waals surface area contributed by atoms with Crippen molar-refractivity contribution in [2.75, 3.05) is 19.6 Å². The molecule has 2 heterocycles. The molecule has 1 N–H and O–H groups in total. The van der Waals surface area contributed by atoms with Gasteiger partial charge in [0.05, 0.1) is 6.04 Å². The van der Waals surface area contributed by atoms with Gasteiger partial charge in [-0.1, -0.05) is 22.9 Å². The summed E-state index contributed by atoms with van der Waals surface area (Å²) >= 11 is 3.40. The minimum atomic E-state index is -0.0499. The average Bonchev–Trinajstić information content (AvgIpc) is 3.03. The van der Waals surface area contributed by atoms with Gasteiger partial charge in [-0.25, -0.2) is 0 Å². The summed E-state index contributed by atoms with van der Waals surface area (Å²) in [5.74, 6) is 2.56. The summed E-state index contributed by atoms with van der Waals surface area (Å²) in [6, 6.07) is 11.5. The molecule has 0 radical (unpaired) electrons. The lowest BCUT2D eigenvalue weighted by Gasteiger charge is -2.35. The molecule has 0 aliphatic carbocycles. The Balaban J connectivity index is 1.69. The number of amides is 1. The van der Waals surface area contributed by atoms with Crippen molar-refractivity contribution in [1.82, 2.24) is 10.2 Å². The maximum Gasteiger partial charge on any atom is 0.251 e. The van der Waals surface area contributed by atoms with Crippen LogP contribution in [-0.2, 0) is 0 Å². The van der Waals surface area contributed by atoms with Gasteiger partial charge in [-0.3, -0.25) is 9.69 Å². The fourth-order valence-corrected chi connectivity index (χ4v) is 3.54. The fraction of sp³-hybridized carbons (Fsp3) is 0.450. The van der Waals surface area contributed by atoms with Crippen LogP contribution in [0.25, 0.3) is 0 Å². The number of carbonyl (C=O) groups excluding carboxylic acids is 1. The number of benzene rings is 1. The van der Waals surface area contributed by atoms with Crippen LogP contribution in [0.4, 0.5) is 0 Å². The van der Waals surface area contributed by atoms with E-state index in [0.29, 0.717) is 12.1 Å². The first-order chi connectivity index (χ1) is 12.0. The standard InChI is InChI=1S/C20H25BrN2O2/c1-14-9-11-23(12-10-14)18(19-8-3-15(2)25-19)13-22-20(24)16-4-6-17(21)7-5-16/h3-8,14,18H,9-13H2,1-2H3,(H,22,24)/t18-/m0/s1. The van der Waals surface area contributed by atoms with Crippen LogP contribution in [-0.4, -0.2) is 30.4 Å². The Labute approximate surface area is 157 Å². The monoisotopic (exact) mass is 404 g/mol. The second kappa shape index (κ2) is 8.19. The summed E-state index contributed by atoms with van der Waals surface area (Å²) in [6.07, 6.45) is 2.38. The van der Waals surface area contributed by atoms with Gasteiger partial charge in [0.1, 0.15) is 11.5 Å².